The van der Waals surface area contributed by atoms with Gasteiger partial charge in [0.25, 0.3) is 0 Å². The molecule has 0 spiro atoms. The molecule has 6 rings (SSSR count). The summed E-state index contributed by atoms with van der Waals surface area (Å²) in [5, 5.41) is 10.4. The third kappa shape index (κ3) is 5.04. The van der Waals surface area contributed by atoms with Crippen LogP contribution in [0.15, 0.2) is 67.1 Å². The van der Waals surface area contributed by atoms with Crippen molar-refractivity contribution in [1.82, 2.24) is 29.3 Å². The highest BCUT2D eigenvalue weighted by Gasteiger charge is 2.30. The van der Waals surface area contributed by atoms with Gasteiger partial charge < -0.3 is 15.4 Å². The van der Waals surface area contributed by atoms with Gasteiger partial charge in [0, 0.05) is 41.8 Å². The second-order valence-corrected chi connectivity index (χ2v) is 11.2. The monoisotopic (exact) mass is 523 g/mol. The Kier molecular flexibility index (Phi) is 6.21. The van der Waals surface area contributed by atoms with Crippen LogP contribution < -0.4 is 5.73 Å². The number of carbonyl (C=O) groups is 1. The number of piperidine rings is 1. The molecule has 3 aromatic heterocycles. The molecule has 0 radical (unpaired) electrons. The maximum absolute atomic E-state index is 12.6. The van der Waals surface area contributed by atoms with Gasteiger partial charge >= 0.3 is 6.09 Å². The van der Waals surface area contributed by atoms with Crippen LogP contribution in [0.1, 0.15) is 50.8 Å². The molecule has 1 fully saturated rings. The number of nitrogen functional groups attached to an aromatic ring is 1. The molecule has 9 nitrogen and oxygen atoms in total. The molecule has 9 heteroatoms. The highest BCUT2D eigenvalue weighted by atomic mass is 16.6. The predicted octanol–water partition coefficient (Wildman–Crippen LogP) is 5.49. The SMILES string of the molecule is CC(C)(C)OC(=O)N1CCC(c2cc(-c3ccc4nn(Cc5ccccc5)cc4c3)c3c(N)ncnn23)CC1. The molecule has 200 valence electrons. The number of ether oxygens (including phenoxy) is 1. The van der Waals surface area contributed by atoms with Gasteiger partial charge in [0.05, 0.1) is 12.1 Å². The number of anilines is 1. The normalized spacial score (nSPS) is 14.8. The zero-order chi connectivity index (χ0) is 27.1. The summed E-state index contributed by atoms with van der Waals surface area (Å²) < 4.78 is 9.47. The summed E-state index contributed by atoms with van der Waals surface area (Å²) in [7, 11) is 0. The van der Waals surface area contributed by atoms with Crippen LogP contribution in [0.3, 0.4) is 0 Å². The standard InChI is InChI=1S/C30H33N7O2/c1-30(2,3)39-29(38)35-13-11-21(12-14-35)26-16-24(27-28(31)32-19-33-37(26)27)22-9-10-25-23(15-22)18-36(34-25)17-20-7-5-4-6-8-20/h4-10,15-16,18-19,21H,11-14,17H2,1-3H3,(H2,31,32,33). The van der Waals surface area contributed by atoms with Crippen LogP contribution >= 0.6 is 0 Å². The predicted molar refractivity (Wildman–Crippen MR) is 151 cm³/mol. The minimum Gasteiger partial charge on any atom is -0.444 e. The van der Waals surface area contributed by atoms with Crippen molar-refractivity contribution < 1.29 is 9.53 Å². The van der Waals surface area contributed by atoms with E-state index in [0.29, 0.717) is 25.5 Å². The molecule has 1 amide bonds. The van der Waals surface area contributed by atoms with E-state index in [1.54, 1.807) is 4.90 Å². The largest absolute Gasteiger partial charge is 0.444 e. The Balaban J connectivity index is 1.30. The molecular formula is C30H33N7O2. The van der Waals surface area contributed by atoms with Gasteiger partial charge in [-0.2, -0.15) is 10.2 Å². The first-order valence-electron chi connectivity index (χ1n) is 13.4. The second kappa shape index (κ2) is 9.72. The molecule has 4 heterocycles. The number of nitrogens with two attached hydrogens (primary N) is 1. The van der Waals surface area contributed by atoms with Gasteiger partial charge in [-0.05, 0) is 62.9 Å². The fourth-order valence-electron chi connectivity index (χ4n) is 5.38. The van der Waals surface area contributed by atoms with Gasteiger partial charge in [-0.3, -0.25) is 4.68 Å². The Bertz CT molecular complexity index is 1640. The van der Waals surface area contributed by atoms with Gasteiger partial charge in [0.1, 0.15) is 17.4 Å². The van der Waals surface area contributed by atoms with Gasteiger partial charge in [-0.1, -0.05) is 36.4 Å². The number of benzene rings is 2. The lowest BCUT2D eigenvalue weighted by Gasteiger charge is -2.33. The van der Waals surface area contributed by atoms with Crippen molar-refractivity contribution in [1.29, 1.82) is 0 Å². The van der Waals surface area contributed by atoms with Crippen LogP contribution in [-0.4, -0.2) is 54.1 Å². The summed E-state index contributed by atoms with van der Waals surface area (Å²) in [5.74, 6) is 0.675. The van der Waals surface area contributed by atoms with Crippen LogP contribution in [0, 0.1) is 0 Å². The Morgan fingerprint density at radius 3 is 2.59 bits per heavy atom. The van der Waals surface area contributed by atoms with Gasteiger partial charge in [-0.25, -0.2) is 14.3 Å². The van der Waals surface area contributed by atoms with Crippen LogP contribution in [0.2, 0.25) is 0 Å². The minimum atomic E-state index is -0.506. The summed E-state index contributed by atoms with van der Waals surface area (Å²) in [6.45, 7) is 7.66. The number of likely N-dealkylation sites (tertiary alicyclic amines) is 1. The molecule has 0 atom stereocenters. The molecule has 5 aromatic rings. The van der Waals surface area contributed by atoms with Crippen molar-refractivity contribution in [3.8, 4) is 11.1 Å². The average Bonchev–Trinajstić information content (AvgIpc) is 3.50. The third-order valence-electron chi connectivity index (χ3n) is 7.23. The third-order valence-corrected chi connectivity index (χ3v) is 7.23. The molecule has 2 N–H and O–H groups in total. The highest BCUT2D eigenvalue weighted by molar-refractivity contribution is 5.92. The van der Waals surface area contributed by atoms with Crippen molar-refractivity contribution in [2.24, 2.45) is 0 Å². The smallest absolute Gasteiger partial charge is 0.410 e. The topological polar surface area (TPSA) is 104 Å². The van der Waals surface area contributed by atoms with Crippen LogP contribution in [-0.2, 0) is 11.3 Å². The van der Waals surface area contributed by atoms with Gasteiger partial charge in [0.2, 0.25) is 0 Å². The van der Waals surface area contributed by atoms with E-state index in [9.17, 15) is 4.79 Å². The summed E-state index contributed by atoms with van der Waals surface area (Å²) in [5.41, 5.74) is 12.0. The van der Waals surface area contributed by atoms with Gasteiger partial charge in [-0.15, -0.1) is 0 Å². The average molecular weight is 524 g/mol. The maximum atomic E-state index is 12.6. The molecule has 0 bridgehead atoms. The molecule has 39 heavy (non-hydrogen) atoms. The number of hydrogen-bond donors (Lipinski definition) is 1. The van der Waals surface area contributed by atoms with Crippen molar-refractivity contribution in [3.05, 3.63) is 78.4 Å². The maximum Gasteiger partial charge on any atom is 0.410 e. The van der Waals surface area contributed by atoms with E-state index in [1.807, 2.05) is 48.2 Å². The Morgan fingerprint density at radius 1 is 1.08 bits per heavy atom. The van der Waals surface area contributed by atoms with Crippen LogP contribution in [0.4, 0.5) is 10.6 Å². The van der Waals surface area contributed by atoms with Gasteiger partial charge in [0.15, 0.2) is 5.82 Å². The lowest BCUT2D eigenvalue weighted by molar-refractivity contribution is 0.0203. The zero-order valence-electron chi connectivity index (χ0n) is 22.5. The number of rotatable bonds is 4. The number of carbonyl (C=O) groups excluding carboxylic acids is 1. The summed E-state index contributed by atoms with van der Waals surface area (Å²) in [6.07, 6.45) is 4.97. The fraction of sp³-hybridized carbons (Fsp3) is 0.333. The number of fused-ring (bicyclic) bond motifs is 2. The number of aromatic nitrogens is 5. The molecule has 1 saturated heterocycles. The minimum absolute atomic E-state index is 0.233. The first-order valence-corrected chi connectivity index (χ1v) is 13.4. The van der Waals surface area contributed by atoms with E-state index in [1.165, 1.54) is 11.9 Å². The first kappa shape index (κ1) is 24.9. The molecule has 1 aliphatic heterocycles. The fourth-order valence-corrected chi connectivity index (χ4v) is 5.38. The molecule has 0 unspecified atom stereocenters. The first-order chi connectivity index (χ1) is 18.7. The summed E-state index contributed by atoms with van der Waals surface area (Å²) in [6, 6.07) is 18.8. The van der Waals surface area contributed by atoms with Crippen molar-refractivity contribution in [2.75, 3.05) is 18.8 Å². The Morgan fingerprint density at radius 2 is 1.85 bits per heavy atom. The molecule has 0 aliphatic carbocycles. The molecular weight excluding hydrogens is 490 g/mol. The van der Waals surface area contributed by atoms with E-state index >= 15 is 0 Å². The summed E-state index contributed by atoms with van der Waals surface area (Å²) in [4.78, 5) is 18.7. The molecule has 1 aliphatic rings. The summed E-state index contributed by atoms with van der Waals surface area (Å²) >= 11 is 0. The highest BCUT2D eigenvalue weighted by Crippen LogP contribution is 2.37. The quantitative estimate of drug-likeness (QED) is 0.334. The molecule has 2 aromatic carbocycles. The Labute approximate surface area is 227 Å². The molecule has 0 saturated carbocycles. The van der Waals surface area contributed by atoms with E-state index in [2.05, 4.69) is 52.7 Å². The van der Waals surface area contributed by atoms with Crippen molar-refractivity contribution in [3.63, 3.8) is 0 Å². The van der Waals surface area contributed by atoms with E-state index < -0.39 is 5.60 Å². The van der Waals surface area contributed by atoms with E-state index in [-0.39, 0.29) is 12.0 Å². The lowest BCUT2D eigenvalue weighted by Crippen LogP contribution is -2.41. The second-order valence-electron chi connectivity index (χ2n) is 11.2. The van der Waals surface area contributed by atoms with E-state index in [0.717, 1.165) is 46.1 Å². The van der Waals surface area contributed by atoms with E-state index in [4.69, 9.17) is 15.6 Å². The zero-order valence-corrected chi connectivity index (χ0v) is 22.5. The van der Waals surface area contributed by atoms with Crippen molar-refractivity contribution >= 4 is 28.3 Å². The number of amides is 1. The van der Waals surface area contributed by atoms with Crippen LogP contribution in [0.5, 0.6) is 0 Å². The van der Waals surface area contributed by atoms with Crippen molar-refractivity contribution in [2.45, 2.75) is 51.7 Å². The number of nitrogens with zero attached hydrogens (tertiary/aromatic N) is 6. The lowest BCUT2D eigenvalue weighted by atomic mass is 9.93. The Hall–Kier alpha value is -4.40. The van der Waals surface area contributed by atoms with Crippen LogP contribution in [0.25, 0.3) is 27.5 Å². The number of hydrogen-bond acceptors (Lipinski definition) is 6.